The van der Waals surface area contributed by atoms with E-state index in [9.17, 15) is 5.11 Å². The van der Waals surface area contributed by atoms with Crippen LogP contribution in [0.4, 0.5) is 5.69 Å². The first-order chi connectivity index (χ1) is 11.9. The third-order valence-corrected chi connectivity index (χ3v) is 4.29. The summed E-state index contributed by atoms with van der Waals surface area (Å²) in [7, 11) is 7.25. The number of hydrogen-bond donors (Lipinski definition) is 2. The second-order valence-electron chi connectivity index (χ2n) is 6.28. The van der Waals surface area contributed by atoms with Crippen LogP contribution < -0.4 is 19.7 Å². The highest BCUT2D eigenvalue weighted by molar-refractivity contribution is 5.46. The molecule has 0 amide bonds. The van der Waals surface area contributed by atoms with Gasteiger partial charge in [-0.2, -0.15) is 0 Å². The Labute approximate surface area is 150 Å². The van der Waals surface area contributed by atoms with Crippen LogP contribution in [0.1, 0.15) is 30.2 Å². The van der Waals surface area contributed by atoms with Crippen molar-refractivity contribution in [3.63, 3.8) is 0 Å². The molecule has 2 aromatic rings. The largest absolute Gasteiger partial charge is 0.497 e. The highest BCUT2D eigenvalue weighted by Crippen LogP contribution is 2.26. The van der Waals surface area contributed by atoms with E-state index < -0.39 is 6.10 Å². The summed E-state index contributed by atoms with van der Waals surface area (Å²) < 4.78 is 10.5. The standard InChI is InChI=1S/C20H28N2O3/c1-14(15-6-8-17(9-7-15)22(2)3)21-13-20(23)16-10-18(24-4)12-19(11-16)25-5/h6-12,14,20-21,23H,13H2,1-5H3. The van der Waals surface area contributed by atoms with Crippen LogP contribution in [-0.2, 0) is 0 Å². The molecule has 2 atom stereocenters. The van der Waals surface area contributed by atoms with Crippen molar-refractivity contribution in [3.05, 3.63) is 53.6 Å². The molecule has 0 heterocycles. The monoisotopic (exact) mass is 344 g/mol. The number of rotatable bonds is 8. The molecule has 0 aliphatic rings. The Morgan fingerprint density at radius 2 is 1.52 bits per heavy atom. The predicted octanol–water partition coefficient (Wildman–Crippen LogP) is 3.15. The van der Waals surface area contributed by atoms with Gasteiger partial charge >= 0.3 is 0 Å². The van der Waals surface area contributed by atoms with Crippen molar-refractivity contribution in [1.82, 2.24) is 5.32 Å². The minimum atomic E-state index is -0.646. The normalized spacial score (nSPS) is 13.2. The molecule has 0 radical (unpaired) electrons. The number of anilines is 1. The molecule has 0 aromatic heterocycles. The molecule has 2 aromatic carbocycles. The number of aliphatic hydroxyl groups is 1. The first-order valence-corrected chi connectivity index (χ1v) is 8.36. The van der Waals surface area contributed by atoms with Gasteiger partial charge in [0.1, 0.15) is 11.5 Å². The zero-order valence-corrected chi connectivity index (χ0v) is 15.6. The Hall–Kier alpha value is -2.24. The fraction of sp³-hybridized carbons (Fsp3) is 0.400. The molecule has 0 saturated heterocycles. The van der Waals surface area contributed by atoms with Gasteiger partial charge in [0.15, 0.2) is 0 Å². The minimum Gasteiger partial charge on any atom is -0.497 e. The number of aliphatic hydroxyl groups excluding tert-OH is 1. The van der Waals surface area contributed by atoms with Crippen molar-refractivity contribution in [3.8, 4) is 11.5 Å². The summed E-state index contributed by atoms with van der Waals surface area (Å²) in [5, 5.41) is 13.9. The van der Waals surface area contributed by atoms with Gasteiger partial charge in [-0.3, -0.25) is 0 Å². The van der Waals surface area contributed by atoms with E-state index in [-0.39, 0.29) is 6.04 Å². The van der Waals surface area contributed by atoms with E-state index in [0.29, 0.717) is 18.0 Å². The number of methoxy groups -OCH3 is 2. The molecule has 25 heavy (non-hydrogen) atoms. The summed E-state index contributed by atoms with van der Waals surface area (Å²) in [6.07, 6.45) is -0.646. The fourth-order valence-electron chi connectivity index (χ4n) is 2.61. The number of benzene rings is 2. The third-order valence-electron chi connectivity index (χ3n) is 4.29. The molecule has 0 aliphatic carbocycles. The maximum atomic E-state index is 10.5. The topological polar surface area (TPSA) is 54.0 Å². The molecule has 5 heteroatoms. The molecule has 0 bridgehead atoms. The van der Waals surface area contributed by atoms with Gasteiger partial charge in [-0.25, -0.2) is 0 Å². The summed E-state index contributed by atoms with van der Waals surface area (Å²) in [6, 6.07) is 14.0. The lowest BCUT2D eigenvalue weighted by Crippen LogP contribution is -2.24. The third kappa shape index (κ3) is 5.11. The van der Waals surface area contributed by atoms with Crippen molar-refractivity contribution in [1.29, 1.82) is 0 Å². The van der Waals surface area contributed by atoms with Crippen molar-refractivity contribution in [2.75, 3.05) is 39.8 Å². The van der Waals surface area contributed by atoms with Gasteiger partial charge in [-0.05, 0) is 42.3 Å². The summed E-state index contributed by atoms with van der Waals surface area (Å²) in [5.74, 6) is 1.33. The zero-order chi connectivity index (χ0) is 18.4. The van der Waals surface area contributed by atoms with Gasteiger partial charge in [0, 0.05) is 38.4 Å². The highest BCUT2D eigenvalue weighted by atomic mass is 16.5. The Bertz CT molecular complexity index is 649. The van der Waals surface area contributed by atoms with Crippen molar-refractivity contribution < 1.29 is 14.6 Å². The summed E-state index contributed by atoms with van der Waals surface area (Å²) in [6.45, 7) is 2.52. The highest BCUT2D eigenvalue weighted by Gasteiger charge is 2.13. The van der Waals surface area contributed by atoms with Gasteiger partial charge in [-0.15, -0.1) is 0 Å². The van der Waals surface area contributed by atoms with Crippen LogP contribution in [0.5, 0.6) is 11.5 Å². The van der Waals surface area contributed by atoms with Crippen LogP contribution in [0.2, 0.25) is 0 Å². The molecule has 2 N–H and O–H groups in total. The molecular formula is C20H28N2O3. The predicted molar refractivity (Wildman–Crippen MR) is 102 cm³/mol. The average Bonchev–Trinajstić information content (AvgIpc) is 2.65. The Morgan fingerprint density at radius 1 is 0.960 bits per heavy atom. The van der Waals surface area contributed by atoms with E-state index in [1.165, 1.54) is 11.3 Å². The van der Waals surface area contributed by atoms with Crippen LogP contribution >= 0.6 is 0 Å². The van der Waals surface area contributed by atoms with Crippen LogP contribution in [0, 0.1) is 0 Å². The maximum absolute atomic E-state index is 10.5. The lowest BCUT2D eigenvalue weighted by molar-refractivity contribution is 0.170. The van der Waals surface area contributed by atoms with E-state index in [1.54, 1.807) is 20.3 Å². The number of nitrogens with zero attached hydrogens (tertiary/aromatic N) is 1. The minimum absolute atomic E-state index is 0.137. The SMILES string of the molecule is COc1cc(OC)cc(C(O)CNC(C)c2ccc(N(C)C)cc2)c1. The summed E-state index contributed by atoms with van der Waals surface area (Å²) >= 11 is 0. The molecule has 0 spiro atoms. The average molecular weight is 344 g/mol. The van der Waals surface area contributed by atoms with Crippen molar-refractivity contribution >= 4 is 5.69 Å². The lowest BCUT2D eigenvalue weighted by atomic mass is 10.1. The van der Waals surface area contributed by atoms with E-state index in [1.807, 2.05) is 26.2 Å². The van der Waals surface area contributed by atoms with Crippen LogP contribution in [0.3, 0.4) is 0 Å². The van der Waals surface area contributed by atoms with Gasteiger partial charge in [0.2, 0.25) is 0 Å². The molecule has 2 rings (SSSR count). The first-order valence-electron chi connectivity index (χ1n) is 8.36. The van der Waals surface area contributed by atoms with Gasteiger partial charge < -0.3 is 24.8 Å². The Balaban J connectivity index is 2.00. The van der Waals surface area contributed by atoms with Gasteiger partial charge in [0.05, 0.1) is 20.3 Å². The molecular weight excluding hydrogens is 316 g/mol. The van der Waals surface area contributed by atoms with Gasteiger partial charge in [0.25, 0.3) is 0 Å². The summed E-state index contributed by atoms with van der Waals surface area (Å²) in [5.41, 5.74) is 3.11. The van der Waals surface area contributed by atoms with Crippen LogP contribution in [0.25, 0.3) is 0 Å². The van der Waals surface area contributed by atoms with E-state index in [4.69, 9.17) is 9.47 Å². The van der Waals surface area contributed by atoms with Crippen LogP contribution in [0.15, 0.2) is 42.5 Å². The van der Waals surface area contributed by atoms with E-state index in [2.05, 4.69) is 41.4 Å². The van der Waals surface area contributed by atoms with Crippen molar-refractivity contribution in [2.45, 2.75) is 19.1 Å². The smallest absolute Gasteiger partial charge is 0.122 e. The molecule has 136 valence electrons. The summed E-state index contributed by atoms with van der Waals surface area (Å²) in [4.78, 5) is 2.07. The number of ether oxygens (including phenoxy) is 2. The molecule has 5 nitrogen and oxygen atoms in total. The molecule has 0 aliphatic heterocycles. The lowest BCUT2D eigenvalue weighted by Gasteiger charge is -2.20. The number of nitrogens with one attached hydrogen (secondary N) is 1. The second-order valence-corrected chi connectivity index (χ2v) is 6.28. The molecule has 0 saturated carbocycles. The van der Waals surface area contributed by atoms with Gasteiger partial charge in [-0.1, -0.05) is 12.1 Å². The Kier molecular flexibility index (Phi) is 6.67. The fourth-order valence-corrected chi connectivity index (χ4v) is 2.61. The van der Waals surface area contributed by atoms with E-state index in [0.717, 1.165) is 5.56 Å². The van der Waals surface area contributed by atoms with Crippen molar-refractivity contribution in [2.24, 2.45) is 0 Å². The number of hydrogen-bond acceptors (Lipinski definition) is 5. The quantitative estimate of drug-likeness (QED) is 0.770. The zero-order valence-electron chi connectivity index (χ0n) is 15.6. The second kappa shape index (κ2) is 8.74. The maximum Gasteiger partial charge on any atom is 0.122 e. The molecule has 2 unspecified atom stereocenters. The first kappa shape index (κ1) is 19.1. The Morgan fingerprint density at radius 3 is 2.00 bits per heavy atom. The van der Waals surface area contributed by atoms with E-state index >= 15 is 0 Å². The molecule has 0 fully saturated rings. The van der Waals surface area contributed by atoms with Crippen LogP contribution in [-0.4, -0.2) is 40.0 Å².